The van der Waals surface area contributed by atoms with Crippen LogP contribution in [-0.2, 0) is 0 Å². The molecule has 4 nitrogen and oxygen atoms in total. The zero-order valence-electron chi connectivity index (χ0n) is 12.3. The Balaban J connectivity index is 2.01. The summed E-state index contributed by atoms with van der Waals surface area (Å²) in [6.07, 6.45) is 0. The standard InChI is InChI=1S/C16H16BrN3OS/c1-11(12-6-5-7-13(17)10-12)19-20-16(22)18-14-8-3-4-9-15(14)21-2/h3-10H,1-2H3,(H2,18,20,22)/b19-11+. The van der Waals surface area contributed by atoms with Crippen molar-refractivity contribution in [3.63, 3.8) is 0 Å². The number of hydrogen-bond acceptors (Lipinski definition) is 3. The van der Waals surface area contributed by atoms with Crippen LogP contribution in [0.4, 0.5) is 5.69 Å². The Labute approximate surface area is 143 Å². The molecule has 2 aromatic rings. The van der Waals surface area contributed by atoms with Gasteiger partial charge in [-0.25, -0.2) is 0 Å². The van der Waals surface area contributed by atoms with Crippen LogP contribution in [0.25, 0.3) is 0 Å². The van der Waals surface area contributed by atoms with E-state index in [4.69, 9.17) is 17.0 Å². The maximum atomic E-state index is 5.26. The molecule has 0 atom stereocenters. The predicted octanol–water partition coefficient (Wildman–Crippen LogP) is 4.17. The molecular weight excluding hydrogens is 362 g/mol. The Morgan fingerprint density at radius 3 is 2.68 bits per heavy atom. The van der Waals surface area contributed by atoms with Gasteiger partial charge in [0, 0.05) is 4.47 Å². The van der Waals surface area contributed by atoms with Gasteiger partial charge in [-0.15, -0.1) is 0 Å². The van der Waals surface area contributed by atoms with Crippen molar-refractivity contribution in [2.24, 2.45) is 5.10 Å². The third-order valence-corrected chi connectivity index (χ3v) is 3.61. The van der Waals surface area contributed by atoms with Crippen molar-refractivity contribution < 1.29 is 4.74 Å². The second-order valence-electron chi connectivity index (χ2n) is 4.47. The number of thiocarbonyl (C=S) groups is 1. The van der Waals surface area contributed by atoms with Gasteiger partial charge in [-0.3, -0.25) is 5.43 Å². The van der Waals surface area contributed by atoms with Gasteiger partial charge in [0.1, 0.15) is 5.75 Å². The first kappa shape index (κ1) is 16.5. The van der Waals surface area contributed by atoms with Crippen LogP contribution >= 0.6 is 28.1 Å². The molecule has 0 radical (unpaired) electrons. The van der Waals surface area contributed by atoms with Crippen LogP contribution in [0.2, 0.25) is 0 Å². The summed E-state index contributed by atoms with van der Waals surface area (Å²) in [4.78, 5) is 0. The van der Waals surface area contributed by atoms with E-state index in [0.717, 1.165) is 27.2 Å². The van der Waals surface area contributed by atoms with E-state index in [0.29, 0.717) is 5.11 Å². The topological polar surface area (TPSA) is 45.6 Å². The molecule has 0 spiro atoms. The van der Waals surface area contributed by atoms with Gasteiger partial charge in [-0.1, -0.05) is 40.2 Å². The molecular formula is C16H16BrN3OS. The number of methoxy groups -OCH3 is 1. The van der Waals surface area contributed by atoms with E-state index >= 15 is 0 Å². The number of nitrogens with one attached hydrogen (secondary N) is 2. The molecule has 0 unspecified atom stereocenters. The van der Waals surface area contributed by atoms with Gasteiger partial charge in [0.05, 0.1) is 18.5 Å². The van der Waals surface area contributed by atoms with Gasteiger partial charge in [-0.2, -0.15) is 5.10 Å². The van der Waals surface area contributed by atoms with E-state index in [1.54, 1.807) is 7.11 Å². The molecule has 0 aromatic heterocycles. The number of ether oxygens (including phenoxy) is 1. The van der Waals surface area contributed by atoms with Crippen LogP contribution in [0, 0.1) is 0 Å². The van der Waals surface area contributed by atoms with E-state index in [1.165, 1.54) is 0 Å². The van der Waals surface area contributed by atoms with Crippen molar-refractivity contribution in [2.45, 2.75) is 6.92 Å². The van der Waals surface area contributed by atoms with Crippen LogP contribution in [-0.4, -0.2) is 17.9 Å². The lowest BCUT2D eigenvalue weighted by Gasteiger charge is -2.11. The minimum atomic E-state index is 0.402. The lowest BCUT2D eigenvalue weighted by molar-refractivity contribution is 0.417. The number of halogens is 1. The Morgan fingerprint density at radius 1 is 1.18 bits per heavy atom. The summed E-state index contributed by atoms with van der Waals surface area (Å²) in [5.74, 6) is 0.722. The number of nitrogens with zero attached hydrogens (tertiary/aromatic N) is 1. The van der Waals surface area contributed by atoms with E-state index in [9.17, 15) is 0 Å². The van der Waals surface area contributed by atoms with Gasteiger partial charge >= 0.3 is 0 Å². The van der Waals surface area contributed by atoms with Gasteiger partial charge < -0.3 is 10.1 Å². The van der Waals surface area contributed by atoms with Crippen LogP contribution < -0.4 is 15.5 Å². The van der Waals surface area contributed by atoms with E-state index in [-0.39, 0.29) is 0 Å². The largest absolute Gasteiger partial charge is 0.495 e. The van der Waals surface area contributed by atoms with Crippen LogP contribution in [0.1, 0.15) is 12.5 Å². The first-order valence-corrected chi connectivity index (χ1v) is 7.80. The van der Waals surface area contributed by atoms with Crippen molar-refractivity contribution in [2.75, 3.05) is 12.4 Å². The molecule has 0 aliphatic rings. The number of anilines is 1. The van der Waals surface area contributed by atoms with Crippen molar-refractivity contribution in [1.29, 1.82) is 0 Å². The second kappa shape index (κ2) is 7.91. The van der Waals surface area contributed by atoms with Gasteiger partial charge in [0.25, 0.3) is 0 Å². The summed E-state index contributed by atoms with van der Waals surface area (Å²) in [6.45, 7) is 1.92. The molecule has 0 fully saturated rings. The van der Waals surface area contributed by atoms with Crippen molar-refractivity contribution in [1.82, 2.24) is 5.43 Å². The Bertz CT molecular complexity index is 703. The third-order valence-electron chi connectivity index (χ3n) is 2.92. The predicted molar refractivity (Wildman–Crippen MR) is 98.7 cm³/mol. The summed E-state index contributed by atoms with van der Waals surface area (Å²) in [6, 6.07) is 15.5. The summed E-state index contributed by atoms with van der Waals surface area (Å²) < 4.78 is 6.27. The SMILES string of the molecule is COc1ccccc1NC(=S)N/N=C(\C)c1cccc(Br)c1. The molecule has 0 aliphatic heterocycles. The number of benzene rings is 2. The molecule has 2 N–H and O–H groups in total. The Hall–Kier alpha value is -1.92. The van der Waals surface area contributed by atoms with E-state index < -0.39 is 0 Å². The third kappa shape index (κ3) is 4.54. The molecule has 0 saturated carbocycles. The minimum Gasteiger partial charge on any atom is -0.495 e. The molecule has 0 saturated heterocycles. The fraction of sp³-hybridized carbons (Fsp3) is 0.125. The average Bonchev–Trinajstić information content (AvgIpc) is 2.53. The molecule has 114 valence electrons. The second-order valence-corrected chi connectivity index (χ2v) is 5.80. The maximum absolute atomic E-state index is 5.26. The normalized spacial score (nSPS) is 11.0. The molecule has 2 aromatic carbocycles. The highest BCUT2D eigenvalue weighted by molar-refractivity contribution is 9.10. The number of hydrogen-bond donors (Lipinski definition) is 2. The molecule has 0 aliphatic carbocycles. The monoisotopic (exact) mass is 377 g/mol. The summed E-state index contributed by atoms with van der Waals surface area (Å²) in [5, 5.41) is 7.75. The maximum Gasteiger partial charge on any atom is 0.191 e. The molecule has 22 heavy (non-hydrogen) atoms. The first-order valence-electron chi connectivity index (χ1n) is 6.60. The quantitative estimate of drug-likeness (QED) is 0.476. The Morgan fingerprint density at radius 2 is 1.95 bits per heavy atom. The zero-order chi connectivity index (χ0) is 15.9. The Kier molecular flexibility index (Phi) is 5.91. The summed E-state index contributed by atoms with van der Waals surface area (Å²) in [7, 11) is 1.62. The zero-order valence-corrected chi connectivity index (χ0v) is 14.7. The van der Waals surface area contributed by atoms with E-state index in [2.05, 4.69) is 31.8 Å². The first-order chi connectivity index (χ1) is 10.6. The van der Waals surface area contributed by atoms with Crippen molar-refractivity contribution in [3.05, 3.63) is 58.6 Å². The van der Waals surface area contributed by atoms with Crippen molar-refractivity contribution in [3.8, 4) is 5.75 Å². The number of hydrazone groups is 1. The van der Waals surface area contributed by atoms with Crippen LogP contribution in [0.3, 0.4) is 0 Å². The highest BCUT2D eigenvalue weighted by atomic mass is 79.9. The smallest absolute Gasteiger partial charge is 0.191 e. The number of rotatable bonds is 4. The fourth-order valence-corrected chi connectivity index (χ4v) is 2.37. The summed E-state index contributed by atoms with van der Waals surface area (Å²) in [5.41, 5.74) is 5.48. The average molecular weight is 378 g/mol. The van der Waals surface area contributed by atoms with Gasteiger partial charge in [0.2, 0.25) is 0 Å². The molecule has 0 amide bonds. The van der Waals surface area contributed by atoms with Crippen LogP contribution in [0.5, 0.6) is 5.75 Å². The molecule has 0 heterocycles. The van der Waals surface area contributed by atoms with Crippen molar-refractivity contribution >= 4 is 44.7 Å². The van der Waals surface area contributed by atoms with E-state index in [1.807, 2.05) is 55.5 Å². The van der Waals surface area contributed by atoms with Gasteiger partial charge in [0.15, 0.2) is 5.11 Å². The minimum absolute atomic E-state index is 0.402. The molecule has 0 bridgehead atoms. The van der Waals surface area contributed by atoms with Crippen LogP contribution in [0.15, 0.2) is 58.1 Å². The lowest BCUT2D eigenvalue weighted by Crippen LogP contribution is -2.25. The number of para-hydroxylation sites is 2. The highest BCUT2D eigenvalue weighted by Crippen LogP contribution is 2.22. The molecule has 6 heteroatoms. The highest BCUT2D eigenvalue weighted by Gasteiger charge is 2.03. The van der Waals surface area contributed by atoms with Gasteiger partial charge in [-0.05, 0) is 49.0 Å². The molecule has 2 rings (SSSR count). The lowest BCUT2D eigenvalue weighted by atomic mass is 10.1. The summed E-state index contributed by atoms with van der Waals surface area (Å²) >= 11 is 8.69. The fourth-order valence-electron chi connectivity index (χ4n) is 1.81.